The average Bonchev–Trinajstić information content (AvgIpc) is 3.51. The normalized spacial score (nSPS) is 15.2. The quantitative estimate of drug-likeness (QED) is 0.303. The zero-order valence-electron chi connectivity index (χ0n) is 22.1. The highest BCUT2D eigenvalue weighted by atomic mass is 35.5. The van der Waals surface area contributed by atoms with Crippen molar-refractivity contribution in [1.82, 2.24) is 4.57 Å². The van der Waals surface area contributed by atoms with E-state index in [1.807, 2.05) is 0 Å². The van der Waals surface area contributed by atoms with Crippen LogP contribution in [0.2, 0.25) is 5.02 Å². The molecule has 2 aromatic heterocycles. The van der Waals surface area contributed by atoms with Gasteiger partial charge in [0.2, 0.25) is 0 Å². The Bertz CT molecular complexity index is 1830. The summed E-state index contributed by atoms with van der Waals surface area (Å²) in [6.07, 6.45) is 1.28. The van der Waals surface area contributed by atoms with Gasteiger partial charge in [0.05, 0.1) is 40.6 Å². The molecule has 1 atom stereocenters. The zero-order chi connectivity index (χ0) is 28.6. The maximum atomic E-state index is 13.8. The Morgan fingerprint density at radius 3 is 2.50 bits per heavy atom. The maximum Gasteiger partial charge on any atom is 0.338 e. The molecular formula is C30H25ClN2O6S. The average molecular weight is 577 g/mol. The Morgan fingerprint density at radius 2 is 1.80 bits per heavy atom. The van der Waals surface area contributed by atoms with Crippen LogP contribution >= 0.6 is 22.9 Å². The lowest BCUT2D eigenvalue weighted by Crippen LogP contribution is -2.40. The summed E-state index contributed by atoms with van der Waals surface area (Å²) in [5.41, 5.74) is 2.06. The van der Waals surface area contributed by atoms with E-state index in [4.69, 9.17) is 25.5 Å². The van der Waals surface area contributed by atoms with Gasteiger partial charge in [-0.15, -0.1) is 0 Å². The number of halogens is 1. The van der Waals surface area contributed by atoms with E-state index in [0.717, 1.165) is 0 Å². The van der Waals surface area contributed by atoms with Crippen molar-refractivity contribution in [3.63, 3.8) is 0 Å². The smallest absolute Gasteiger partial charge is 0.338 e. The number of furan rings is 1. The van der Waals surface area contributed by atoms with Gasteiger partial charge in [-0.25, -0.2) is 14.6 Å². The zero-order valence-corrected chi connectivity index (χ0v) is 23.7. The van der Waals surface area contributed by atoms with E-state index in [0.29, 0.717) is 48.3 Å². The van der Waals surface area contributed by atoms with Crippen molar-refractivity contribution in [3.05, 3.63) is 114 Å². The Kier molecular flexibility index (Phi) is 7.60. The number of thiazole rings is 1. The summed E-state index contributed by atoms with van der Waals surface area (Å²) in [4.78, 5) is 44.3. The first kappa shape index (κ1) is 27.4. The lowest BCUT2D eigenvalue weighted by Gasteiger charge is -2.25. The minimum Gasteiger partial charge on any atom is -0.465 e. The first-order valence-corrected chi connectivity index (χ1v) is 13.6. The molecule has 8 nitrogen and oxygen atoms in total. The molecule has 0 saturated carbocycles. The number of methoxy groups -OCH3 is 1. The molecule has 0 unspecified atom stereocenters. The van der Waals surface area contributed by atoms with E-state index < -0.39 is 18.0 Å². The second kappa shape index (κ2) is 11.1. The van der Waals surface area contributed by atoms with Crippen molar-refractivity contribution in [2.24, 2.45) is 4.99 Å². The van der Waals surface area contributed by atoms with Crippen LogP contribution in [0.5, 0.6) is 0 Å². The fraction of sp³-hybridized carbons (Fsp3) is 0.200. The highest BCUT2D eigenvalue weighted by Gasteiger charge is 2.33. The number of aromatic nitrogens is 1. The van der Waals surface area contributed by atoms with Gasteiger partial charge in [-0.1, -0.05) is 53.3 Å². The van der Waals surface area contributed by atoms with Crippen LogP contribution in [0, 0.1) is 0 Å². The van der Waals surface area contributed by atoms with Crippen molar-refractivity contribution in [1.29, 1.82) is 0 Å². The van der Waals surface area contributed by atoms with Crippen LogP contribution in [0.1, 0.15) is 48.5 Å². The predicted octanol–water partition coefficient (Wildman–Crippen LogP) is 4.89. The summed E-state index contributed by atoms with van der Waals surface area (Å²) in [7, 11) is 1.32. The lowest BCUT2D eigenvalue weighted by molar-refractivity contribution is -0.143. The Balaban J connectivity index is 1.62. The highest BCUT2D eigenvalue weighted by Crippen LogP contribution is 2.32. The molecule has 0 amide bonds. The van der Waals surface area contributed by atoms with E-state index in [9.17, 15) is 14.4 Å². The first-order valence-electron chi connectivity index (χ1n) is 12.4. The fourth-order valence-corrected chi connectivity index (χ4v) is 5.66. The molecule has 3 heterocycles. The van der Waals surface area contributed by atoms with E-state index in [-0.39, 0.29) is 17.2 Å². The van der Waals surface area contributed by atoms with Crippen LogP contribution in [0.4, 0.5) is 0 Å². The summed E-state index contributed by atoms with van der Waals surface area (Å²) in [5, 5.41) is 0.533. The lowest BCUT2D eigenvalue weighted by atomic mass is 9.96. The van der Waals surface area contributed by atoms with Crippen LogP contribution in [0.25, 0.3) is 17.4 Å². The Labute approximate surface area is 238 Å². The number of hydrogen-bond acceptors (Lipinski definition) is 8. The standard InChI is InChI=1S/C30H25ClN2O6S/c1-16(2)38-29(36)25-17(3)32-30-33(26(25)18-9-11-19(31)12-10-18)27(34)24(40-30)15-20-13-14-23(39-20)21-7-5-6-8-22(21)28(35)37-4/h5-16,26H,1-4H3/b24-15+/t26-/m1/s1. The summed E-state index contributed by atoms with van der Waals surface area (Å²) >= 11 is 7.31. The molecule has 0 aliphatic carbocycles. The van der Waals surface area contributed by atoms with Crippen molar-refractivity contribution >= 4 is 41.0 Å². The number of rotatable bonds is 6. The van der Waals surface area contributed by atoms with E-state index >= 15 is 0 Å². The van der Waals surface area contributed by atoms with Crippen molar-refractivity contribution in [3.8, 4) is 11.3 Å². The van der Waals surface area contributed by atoms with Gasteiger partial charge in [0.1, 0.15) is 11.5 Å². The van der Waals surface area contributed by atoms with Gasteiger partial charge in [0.15, 0.2) is 4.80 Å². The van der Waals surface area contributed by atoms with Crippen molar-refractivity contribution < 1.29 is 23.5 Å². The van der Waals surface area contributed by atoms with Gasteiger partial charge in [0.25, 0.3) is 5.56 Å². The van der Waals surface area contributed by atoms with Crippen molar-refractivity contribution in [2.45, 2.75) is 32.9 Å². The van der Waals surface area contributed by atoms with Crippen LogP contribution in [-0.4, -0.2) is 29.7 Å². The summed E-state index contributed by atoms with van der Waals surface area (Å²) < 4.78 is 18.3. The molecule has 0 N–H and O–H groups in total. The Morgan fingerprint density at radius 1 is 1.07 bits per heavy atom. The SMILES string of the molecule is COC(=O)c1ccccc1-c1ccc(/C=c2/sc3n(c2=O)[C@H](c2ccc(Cl)cc2)C(C(=O)OC(C)C)=C(C)N=3)o1. The van der Waals surface area contributed by atoms with Crippen LogP contribution in [0.15, 0.2) is 86.1 Å². The molecule has 0 radical (unpaired) electrons. The molecule has 40 heavy (non-hydrogen) atoms. The number of allylic oxidation sites excluding steroid dienone is 1. The predicted molar refractivity (Wildman–Crippen MR) is 152 cm³/mol. The molecule has 0 saturated heterocycles. The number of carbonyl (C=O) groups excluding carboxylic acids is 2. The molecular weight excluding hydrogens is 552 g/mol. The molecule has 204 valence electrons. The van der Waals surface area contributed by atoms with Gasteiger partial charge in [-0.2, -0.15) is 0 Å². The molecule has 5 rings (SSSR count). The monoisotopic (exact) mass is 576 g/mol. The number of fused-ring (bicyclic) bond motifs is 1. The summed E-state index contributed by atoms with van der Waals surface area (Å²) in [6, 6.07) is 16.6. The number of hydrogen-bond donors (Lipinski definition) is 0. The van der Waals surface area contributed by atoms with E-state index in [1.165, 1.54) is 23.0 Å². The molecule has 2 aromatic carbocycles. The highest BCUT2D eigenvalue weighted by molar-refractivity contribution is 7.07. The third-order valence-electron chi connectivity index (χ3n) is 6.27. The minimum atomic E-state index is -0.749. The molecule has 0 bridgehead atoms. The molecule has 0 fully saturated rings. The topological polar surface area (TPSA) is 100 Å². The second-order valence-corrected chi connectivity index (χ2v) is 10.8. The van der Waals surface area contributed by atoms with Crippen LogP contribution in [0.3, 0.4) is 0 Å². The molecule has 10 heteroatoms. The third kappa shape index (κ3) is 5.17. The van der Waals surface area contributed by atoms with Gasteiger partial charge in [0, 0.05) is 16.7 Å². The van der Waals surface area contributed by atoms with Gasteiger partial charge in [-0.3, -0.25) is 9.36 Å². The number of carbonyl (C=O) groups is 2. The molecule has 4 aromatic rings. The number of benzene rings is 2. The molecule has 0 spiro atoms. The van der Waals surface area contributed by atoms with Crippen LogP contribution < -0.4 is 14.9 Å². The first-order chi connectivity index (χ1) is 19.2. The fourth-order valence-electron chi connectivity index (χ4n) is 4.51. The van der Waals surface area contributed by atoms with E-state index in [2.05, 4.69) is 4.99 Å². The number of ether oxygens (including phenoxy) is 2. The largest absolute Gasteiger partial charge is 0.465 e. The van der Waals surface area contributed by atoms with Crippen molar-refractivity contribution in [2.75, 3.05) is 7.11 Å². The molecule has 1 aliphatic rings. The summed E-state index contributed by atoms with van der Waals surface area (Å²) in [6.45, 7) is 5.26. The number of nitrogens with zero attached hydrogens (tertiary/aromatic N) is 2. The van der Waals surface area contributed by atoms with Gasteiger partial charge in [-0.05, 0) is 56.7 Å². The maximum absolute atomic E-state index is 13.8. The second-order valence-electron chi connectivity index (χ2n) is 9.33. The van der Waals surface area contributed by atoms with Gasteiger partial charge < -0.3 is 13.9 Å². The Hall–Kier alpha value is -4.21. The van der Waals surface area contributed by atoms with Crippen LogP contribution in [-0.2, 0) is 14.3 Å². The summed E-state index contributed by atoms with van der Waals surface area (Å²) in [5.74, 6) is -0.150. The van der Waals surface area contributed by atoms with E-state index in [1.54, 1.807) is 87.5 Å². The van der Waals surface area contributed by atoms with Gasteiger partial charge >= 0.3 is 11.9 Å². The number of esters is 2. The third-order valence-corrected chi connectivity index (χ3v) is 7.50. The molecule has 1 aliphatic heterocycles. The minimum absolute atomic E-state index is 0.287.